The number of hydrogen-bond donors (Lipinski definition) is 1. The van der Waals surface area contributed by atoms with Gasteiger partial charge < -0.3 is 5.73 Å². The van der Waals surface area contributed by atoms with Gasteiger partial charge >= 0.3 is 0 Å². The van der Waals surface area contributed by atoms with Gasteiger partial charge in [-0.1, -0.05) is 34.6 Å². The van der Waals surface area contributed by atoms with E-state index in [1.807, 2.05) is 13.8 Å². The highest BCUT2D eigenvalue weighted by atomic mass is 14.7. The van der Waals surface area contributed by atoms with Crippen molar-refractivity contribution >= 4 is 0 Å². The summed E-state index contributed by atoms with van der Waals surface area (Å²) in [4.78, 5) is 0. The minimum Gasteiger partial charge on any atom is -0.326 e. The molecule has 0 aromatic heterocycles. The van der Waals surface area contributed by atoms with Crippen LogP contribution in [0.1, 0.15) is 54.9 Å². The molecule has 0 aliphatic heterocycles. The summed E-state index contributed by atoms with van der Waals surface area (Å²) in [5.74, 6) is 0. The summed E-state index contributed by atoms with van der Waals surface area (Å²) in [6, 6.07) is 0. The lowest BCUT2D eigenvalue weighted by molar-refractivity contribution is 0.286. The van der Waals surface area contributed by atoms with Crippen LogP contribution in [0.3, 0.4) is 0 Å². The minimum absolute atomic E-state index is 0.0156. The SMILES string of the molecule is CC.CC(C)(C)CC(C)(C)N. The lowest BCUT2D eigenvalue weighted by atomic mass is 9.82. The van der Waals surface area contributed by atoms with Crippen LogP contribution in [-0.2, 0) is 0 Å². The molecule has 1 nitrogen and oxygen atoms in total. The maximum Gasteiger partial charge on any atom is 0.0102 e. The molecule has 11 heavy (non-hydrogen) atoms. The first-order valence-electron chi connectivity index (χ1n) is 4.50. The largest absolute Gasteiger partial charge is 0.326 e. The summed E-state index contributed by atoms with van der Waals surface area (Å²) in [7, 11) is 0. The van der Waals surface area contributed by atoms with Crippen LogP contribution in [-0.4, -0.2) is 5.54 Å². The molecule has 0 unspecified atom stereocenters. The summed E-state index contributed by atoms with van der Waals surface area (Å²) in [5, 5.41) is 0. The third kappa shape index (κ3) is 17.8. The first-order chi connectivity index (χ1) is 4.71. The third-order valence-electron chi connectivity index (χ3n) is 0.986. The monoisotopic (exact) mass is 159 g/mol. The standard InChI is InChI=1S/C8H19N.C2H6/c1-7(2,3)6-8(4,5)9;1-2/h6,9H2,1-5H3;1-2H3. The summed E-state index contributed by atoms with van der Waals surface area (Å²) < 4.78 is 0. The highest BCUT2D eigenvalue weighted by Crippen LogP contribution is 2.24. The molecule has 0 atom stereocenters. The van der Waals surface area contributed by atoms with E-state index in [1.165, 1.54) is 0 Å². The third-order valence-corrected chi connectivity index (χ3v) is 0.986. The Labute approximate surface area is 72.4 Å². The quantitative estimate of drug-likeness (QED) is 0.625. The van der Waals surface area contributed by atoms with Gasteiger partial charge in [0.1, 0.15) is 0 Å². The molecule has 0 radical (unpaired) electrons. The lowest BCUT2D eigenvalue weighted by Crippen LogP contribution is -2.36. The van der Waals surface area contributed by atoms with Crippen molar-refractivity contribution in [2.45, 2.75) is 60.4 Å². The molecule has 0 rings (SSSR count). The first kappa shape index (κ1) is 13.5. The molecule has 2 N–H and O–H groups in total. The summed E-state index contributed by atoms with van der Waals surface area (Å²) in [6.07, 6.45) is 1.07. The van der Waals surface area contributed by atoms with Crippen molar-refractivity contribution in [3.63, 3.8) is 0 Å². The average Bonchev–Trinajstić information content (AvgIpc) is 1.60. The van der Waals surface area contributed by atoms with Gasteiger partial charge in [-0.05, 0) is 25.7 Å². The zero-order valence-electron chi connectivity index (χ0n) is 9.28. The predicted octanol–water partition coefficient (Wildman–Crippen LogP) is 3.19. The molecule has 0 fully saturated rings. The fourth-order valence-electron chi connectivity index (χ4n) is 1.37. The van der Waals surface area contributed by atoms with E-state index in [0.29, 0.717) is 5.41 Å². The van der Waals surface area contributed by atoms with Gasteiger partial charge in [-0.3, -0.25) is 0 Å². The van der Waals surface area contributed by atoms with Crippen LogP contribution in [0.15, 0.2) is 0 Å². The molecule has 1 heteroatoms. The van der Waals surface area contributed by atoms with Crippen LogP contribution in [0.4, 0.5) is 0 Å². The summed E-state index contributed by atoms with van der Waals surface area (Å²) >= 11 is 0. The van der Waals surface area contributed by atoms with Gasteiger partial charge in [0.2, 0.25) is 0 Å². The molecular weight excluding hydrogens is 134 g/mol. The average molecular weight is 159 g/mol. The van der Waals surface area contributed by atoms with Gasteiger partial charge in [-0.25, -0.2) is 0 Å². The van der Waals surface area contributed by atoms with E-state index < -0.39 is 0 Å². The zero-order valence-corrected chi connectivity index (χ0v) is 9.28. The lowest BCUT2D eigenvalue weighted by Gasteiger charge is -2.28. The molecule has 0 saturated heterocycles. The van der Waals surface area contributed by atoms with Crippen molar-refractivity contribution in [1.82, 2.24) is 0 Å². The van der Waals surface area contributed by atoms with Crippen LogP contribution >= 0.6 is 0 Å². The van der Waals surface area contributed by atoms with Crippen LogP contribution in [0.2, 0.25) is 0 Å². The van der Waals surface area contributed by atoms with Gasteiger partial charge in [0.25, 0.3) is 0 Å². The van der Waals surface area contributed by atoms with E-state index in [1.54, 1.807) is 0 Å². The van der Waals surface area contributed by atoms with Crippen molar-refractivity contribution in [1.29, 1.82) is 0 Å². The second-order valence-corrected chi connectivity index (χ2v) is 4.73. The molecule has 0 aliphatic rings. The molecule has 0 aliphatic carbocycles. The molecular formula is C10H25N. The summed E-state index contributed by atoms with van der Waals surface area (Å²) in [6.45, 7) is 14.8. The molecule has 70 valence electrons. The molecule has 0 spiro atoms. The van der Waals surface area contributed by atoms with Crippen LogP contribution in [0.25, 0.3) is 0 Å². The van der Waals surface area contributed by atoms with Crippen molar-refractivity contribution in [3.8, 4) is 0 Å². The Hall–Kier alpha value is -0.0400. The summed E-state index contributed by atoms with van der Waals surface area (Å²) in [5.41, 5.74) is 6.17. The second-order valence-electron chi connectivity index (χ2n) is 4.73. The first-order valence-corrected chi connectivity index (χ1v) is 4.50. The van der Waals surface area contributed by atoms with Crippen LogP contribution < -0.4 is 5.73 Å². The van der Waals surface area contributed by atoms with Gasteiger partial charge in [-0.2, -0.15) is 0 Å². The molecule has 0 aromatic rings. The normalized spacial score (nSPS) is 12.0. The Bertz CT molecular complexity index is 70.0. The van der Waals surface area contributed by atoms with E-state index in [9.17, 15) is 0 Å². The second kappa shape index (κ2) is 4.76. The molecule has 0 saturated carbocycles. The fraction of sp³-hybridized carbons (Fsp3) is 1.00. The van der Waals surface area contributed by atoms with Crippen molar-refractivity contribution in [2.75, 3.05) is 0 Å². The van der Waals surface area contributed by atoms with E-state index in [-0.39, 0.29) is 5.54 Å². The molecule has 0 amide bonds. The van der Waals surface area contributed by atoms with Crippen LogP contribution in [0.5, 0.6) is 0 Å². The Morgan fingerprint density at radius 3 is 1.18 bits per heavy atom. The van der Waals surface area contributed by atoms with Crippen molar-refractivity contribution < 1.29 is 0 Å². The highest BCUT2D eigenvalue weighted by molar-refractivity contribution is 4.78. The number of hydrogen-bond acceptors (Lipinski definition) is 1. The molecule has 0 bridgehead atoms. The van der Waals surface area contributed by atoms with E-state index in [2.05, 4.69) is 34.6 Å². The van der Waals surface area contributed by atoms with Gasteiger partial charge in [0.15, 0.2) is 0 Å². The minimum atomic E-state index is -0.0156. The highest BCUT2D eigenvalue weighted by Gasteiger charge is 2.20. The maximum atomic E-state index is 5.82. The van der Waals surface area contributed by atoms with E-state index in [4.69, 9.17) is 5.73 Å². The van der Waals surface area contributed by atoms with Gasteiger partial charge in [0, 0.05) is 5.54 Å². The Morgan fingerprint density at radius 1 is 0.909 bits per heavy atom. The van der Waals surface area contributed by atoms with Gasteiger partial charge in [-0.15, -0.1) is 0 Å². The zero-order chi connectivity index (χ0) is 9.71. The number of nitrogens with two attached hydrogens (primary N) is 1. The van der Waals surface area contributed by atoms with Crippen molar-refractivity contribution in [3.05, 3.63) is 0 Å². The predicted molar refractivity (Wildman–Crippen MR) is 53.7 cm³/mol. The van der Waals surface area contributed by atoms with E-state index in [0.717, 1.165) is 6.42 Å². The molecule has 0 aromatic carbocycles. The Balaban J connectivity index is 0. The Kier molecular flexibility index (Phi) is 5.86. The topological polar surface area (TPSA) is 26.0 Å². The fourth-order valence-corrected chi connectivity index (χ4v) is 1.37. The van der Waals surface area contributed by atoms with Crippen molar-refractivity contribution in [2.24, 2.45) is 11.1 Å². The maximum absolute atomic E-state index is 5.82. The number of rotatable bonds is 1. The molecule has 0 heterocycles. The van der Waals surface area contributed by atoms with Crippen LogP contribution in [0, 0.1) is 5.41 Å². The van der Waals surface area contributed by atoms with Gasteiger partial charge in [0.05, 0.1) is 0 Å². The van der Waals surface area contributed by atoms with E-state index >= 15 is 0 Å². The smallest absolute Gasteiger partial charge is 0.0102 e. The Morgan fingerprint density at radius 2 is 1.18 bits per heavy atom.